The second-order valence-electron chi connectivity index (χ2n) is 7.92. The second kappa shape index (κ2) is 11.2. The fourth-order valence-corrected chi connectivity index (χ4v) is 2.84. The van der Waals surface area contributed by atoms with Crippen molar-refractivity contribution in [2.24, 2.45) is 0 Å². The number of aromatic nitrogens is 2. The maximum absolute atomic E-state index is 12.2. The molecule has 1 heterocycles. The Kier molecular flexibility index (Phi) is 8.70. The Morgan fingerprint density at radius 1 is 1.14 bits per heavy atom. The van der Waals surface area contributed by atoms with Crippen molar-refractivity contribution >= 4 is 12.1 Å². The van der Waals surface area contributed by atoms with Crippen LogP contribution in [0.25, 0.3) is 0 Å². The molecule has 0 aliphatic carbocycles. The van der Waals surface area contributed by atoms with E-state index in [-0.39, 0.29) is 18.6 Å². The number of nitrogens with zero attached hydrogens (tertiary/aromatic N) is 1. The first-order valence-corrected chi connectivity index (χ1v) is 10.0. The number of carbonyl (C=O) groups is 2. The Bertz CT molecular complexity index is 739. The number of aromatic amines is 1. The molecule has 1 amide bonds. The molecule has 0 aliphatic heterocycles. The van der Waals surface area contributed by atoms with Gasteiger partial charge >= 0.3 is 12.1 Å². The summed E-state index contributed by atoms with van der Waals surface area (Å²) in [6.45, 7) is 5.80. The van der Waals surface area contributed by atoms with Gasteiger partial charge in [-0.1, -0.05) is 43.2 Å². The van der Waals surface area contributed by atoms with E-state index in [1.54, 1.807) is 12.4 Å². The maximum atomic E-state index is 12.2. The van der Waals surface area contributed by atoms with Crippen LogP contribution in [0.3, 0.4) is 0 Å². The molecule has 0 spiro atoms. The lowest BCUT2D eigenvalue weighted by atomic mass is 10.1. The van der Waals surface area contributed by atoms with E-state index in [0.717, 1.165) is 24.8 Å². The van der Waals surface area contributed by atoms with E-state index in [4.69, 9.17) is 9.47 Å². The van der Waals surface area contributed by atoms with E-state index in [2.05, 4.69) is 15.3 Å². The van der Waals surface area contributed by atoms with E-state index >= 15 is 0 Å². The summed E-state index contributed by atoms with van der Waals surface area (Å²) in [4.78, 5) is 31.3. The Morgan fingerprint density at radius 2 is 1.90 bits per heavy atom. The Balaban J connectivity index is 1.74. The monoisotopic (exact) mass is 401 g/mol. The van der Waals surface area contributed by atoms with Gasteiger partial charge in [0.05, 0.1) is 6.04 Å². The third-order valence-corrected chi connectivity index (χ3v) is 4.15. The highest BCUT2D eigenvalue weighted by Crippen LogP contribution is 2.18. The van der Waals surface area contributed by atoms with Crippen molar-refractivity contribution in [3.05, 3.63) is 54.1 Å². The molecule has 2 aromatic rings. The number of hydrogen-bond acceptors (Lipinski definition) is 5. The summed E-state index contributed by atoms with van der Waals surface area (Å²) >= 11 is 0. The molecular weight excluding hydrogens is 370 g/mol. The quantitative estimate of drug-likeness (QED) is 0.446. The van der Waals surface area contributed by atoms with Crippen LogP contribution in [0, 0.1) is 0 Å². The third-order valence-electron chi connectivity index (χ3n) is 4.15. The largest absolute Gasteiger partial charge is 0.460 e. The van der Waals surface area contributed by atoms with Crippen molar-refractivity contribution in [3.63, 3.8) is 0 Å². The highest BCUT2D eigenvalue weighted by Gasteiger charge is 2.18. The molecule has 1 atom stereocenters. The van der Waals surface area contributed by atoms with Crippen LogP contribution in [-0.2, 0) is 20.9 Å². The lowest BCUT2D eigenvalue weighted by Crippen LogP contribution is -2.29. The van der Waals surface area contributed by atoms with Gasteiger partial charge in [0.2, 0.25) is 0 Å². The zero-order valence-electron chi connectivity index (χ0n) is 17.4. The second-order valence-corrected chi connectivity index (χ2v) is 7.92. The maximum Gasteiger partial charge on any atom is 0.408 e. The highest BCUT2D eigenvalue weighted by molar-refractivity contribution is 5.69. The van der Waals surface area contributed by atoms with Crippen molar-refractivity contribution in [1.29, 1.82) is 0 Å². The van der Waals surface area contributed by atoms with Crippen LogP contribution in [-0.4, -0.2) is 27.6 Å². The molecule has 29 heavy (non-hydrogen) atoms. The fourth-order valence-electron chi connectivity index (χ4n) is 2.84. The lowest BCUT2D eigenvalue weighted by molar-refractivity contribution is -0.154. The van der Waals surface area contributed by atoms with Gasteiger partial charge in [0.15, 0.2) is 0 Å². The van der Waals surface area contributed by atoms with E-state index in [9.17, 15) is 9.59 Å². The van der Waals surface area contributed by atoms with Crippen LogP contribution in [0.15, 0.2) is 42.7 Å². The first-order chi connectivity index (χ1) is 13.8. The molecule has 7 heteroatoms. The number of nitrogens with one attached hydrogen (secondary N) is 2. The van der Waals surface area contributed by atoms with Gasteiger partial charge in [-0.2, -0.15) is 0 Å². The van der Waals surface area contributed by atoms with Crippen molar-refractivity contribution in [2.75, 3.05) is 0 Å². The van der Waals surface area contributed by atoms with Crippen LogP contribution >= 0.6 is 0 Å². The Labute approximate surface area is 172 Å². The molecule has 0 fully saturated rings. The molecule has 0 saturated carbocycles. The van der Waals surface area contributed by atoms with Gasteiger partial charge in [0.25, 0.3) is 0 Å². The van der Waals surface area contributed by atoms with Gasteiger partial charge < -0.3 is 19.8 Å². The smallest absolute Gasteiger partial charge is 0.408 e. The molecule has 2 rings (SSSR count). The molecule has 0 radical (unpaired) electrons. The van der Waals surface area contributed by atoms with Crippen molar-refractivity contribution in [3.8, 4) is 0 Å². The number of esters is 1. The minimum atomic E-state index is -0.482. The molecule has 2 N–H and O–H groups in total. The van der Waals surface area contributed by atoms with Crippen LogP contribution in [0.5, 0.6) is 0 Å². The standard InChI is InChI=1S/C22H31N3O4/c1-22(2,3)29-19(26)13-9-5-8-12-18(20-23-14-15-24-20)25-21(27)28-16-17-10-6-4-7-11-17/h4,6-7,10-11,14-15,18H,5,8-9,12-13,16H2,1-3H3,(H,23,24)(H,25,27). The number of imidazole rings is 1. The van der Waals surface area contributed by atoms with Gasteiger partial charge in [0.1, 0.15) is 18.0 Å². The van der Waals surface area contributed by atoms with Crippen molar-refractivity contribution in [2.45, 2.75) is 71.1 Å². The molecule has 0 bridgehead atoms. The van der Waals surface area contributed by atoms with Gasteiger partial charge in [0, 0.05) is 18.8 Å². The Hall–Kier alpha value is -2.83. The number of H-pyrrole nitrogens is 1. The summed E-state index contributed by atoms with van der Waals surface area (Å²) in [7, 11) is 0. The normalized spacial score (nSPS) is 12.2. The Morgan fingerprint density at radius 3 is 2.55 bits per heavy atom. The molecule has 1 aromatic carbocycles. The highest BCUT2D eigenvalue weighted by atomic mass is 16.6. The van der Waals surface area contributed by atoms with Crippen LogP contribution in [0.4, 0.5) is 4.79 Å². The number of ether oxygens (including phenoxy) is 2. The molecule has 7 nitrogen and oxygen atoms in total. The topological polar surface area (TPSA) is 93.3 Å². The van der Waals surface area contributed by atoms with Crippen molar-refractivity contribution in [1.82, 2.24) is 15.3 Å². The predicted molar refractivity (Wildman–Crippen MR) is 110 cm³/mol. The molecule has 1 unspecified atom stereocenters. The lowest BCUT2D eigenvalue weighted by Gasteiger charge is -2.19. The molecule has 0 aliphatic rings. The fraction of sp³-hybridized carbons (Fsp3) is 0.500. The van der Waals surface area contributed by atoms with Gasteiger partial charge in [-0.05, 0) is 39.2 Å². The van der Waals surface area contributed by atoms with Crippen LogP contribution < -0.4 is 5.32 Å². The van der Waals surface area contributed by atoms with E-state index in [1.807, 2.05) is 51.1 Å². The zero-order chi connectivity index (χ0) is 21.1. The molecule has 158 valence electrons. The predicted octanol–water partition coefficient (Wildman–Crippen LogP) is 4.67. The molecular formula is C22H31N3O4. The summed E-state index contributed by atoms with van der Waals surface area (Å²) in [5.74, 6) is 0.511. The first kappa shape index (κ1) is 22.5. The number of hydrogen-bond donors (Lipinski definition) is 2. The number of unbranched alkanes of at least 4 members (excludes halogenated alkanes) is 2. The summed E-state index contributed by atoms with van der Waals surface area (Å²) in [6.07, 6.45) is 6.44. The SMILES string of the molecule is CC(C)(C)OC(=O)CCCCCC(NC(=O)OCc1ccccc1)c1ncc[nH]1. The summed E-state index contributed by atoms with van der Waals surface area (Å²) < 4.78 is 10.6. The summed E-state index contributed by atoms with van der Waals surface area (Å²) in [6, 6.07) is 9.26. The minimum absolute atomic E-state index is 0.178. The van der Waals surface area contributed by atoms with E-state index in [1.165, 1.54) is 0 Å². The van der Waals surface area contributed by atoms with Gasteiger partial charge in [-0.3, -0.25) is 4.79 Å². The van der Waals surface area contributed by atoms with Crippen molar-refractivity contribution < 1.29 is 19.1 Å². The first-order valence-electron chi connectivity index (χ1n) is 10.0. The van der Waals surface area contributed by atoms with Crippen LogP contribution in [0.1, 0.15) is 70.3 Å². The molecule has 0 saturated heterocycles. The average molecular weight is 402 g/mol. The number of carbonyl (C=O) groups excluding carboxylic acids is 2. The number of alkyl carbamates (subject to hydrolysis) is 1. The van der Waals surface area contributed by atoms with Crippen LogP contribution in [0.2, 0.25) is 0 Å². The minimum Gasteiger partial charge on any atom is -0.460 e. The average Bonchev–Trinajstić information content (AvgIpc) is 3.19. The van der Waals surface area contributed by atoms with Gasteiger partial charge in [-0.15, -0.1) is 0 Å². The zero-order valence-corrected chi connectivity index (χ0v) is 17.4. The summed E-state index contributed by atoms with van der Waals surface area (Å²) in [5, 5.41) is 2.87. The van der Waals surface area contributed by atoms with E-state index < -0.39 is 11.7 Å². The number of rotatable bonds is 10. The number of benzene rings is 1. The number of amides is 1. The third kappa shape index (κ3) is 9.27. The molecule has 1 aromatic heterocycles. The summed E-state index contributed by atoms with van der Waals surface area (Å²) in [5.41, 5.74) is 0.477. The van der Waals surface area contributed by atoms with Gasteiger partial charge in [-0.25, -0.2) is 9.78 Å². The van der Waals surface area contributed by atoms with E-state index in [0.29, 0.717) is 18.7 Å².